The van der Waals surface area contributed by atoms with Crippen molar-refractivity contribution in [1.82, 2.24) is 10.2 Å². The topological polar surface area (TPSA) is 32.3 Å². The number of thiophene rings is 1. The predicted octanol–water partition coefficient (Wildman–Crippen LogP) is 2.22. The van der Waals surface area contributed by atoms with Gasteiger partial charge >= 0.3 is 0 Å². The summed E-state index contributed by atoms with van der Waals surface area (Å²) in [6.45, 7) is 5.95. The van der Waals surface area contributed by atoms with Crippen molar-refractivity contribution in [2.24, 2.45) is 11.3 Å². The van der Waals surface area contributed by atoms with Crippen LogP contribution in [-0.2, 0) is 4.79 Å². The fourth-order valence-electron chi connectivity index (χ4n) is 2.57. The second-order valence-corrected chi connectivity index (χ2v) is 6.71. The number of nitrogens with zero attached hydrogens (tertiary/aromatic N) is 1. The summed E-state index contributed by atoms with van der Waals surface area (Å²) in [7, 11) is 0. The molecule has 2 heterocycles. The SMILES string of the molecule is CC1(C)CC1CN1C(=O)CNC1c1cccs1. The van der Waals surface area contributed by atoms with Gasteiger partial charge in [0.2, 0.25) is 5.91 Å². The minimum atomic E-state index is 0.110. The Morgan fingerprint density at radius 3 is 2.94 bits per heavy atom. The Labute approximate surface area is 106 Å². The molecule has 1 amide bonds. The minimum Gasteiger partial charge on any atom is -0.321 e. The van der Waals surface area contributed by atoms with Crippen molar-refractivity contribution >= 4 is 17.2 Å². The molecule has 2 atom stereocenters. The number of hydrogen-bond acceptors (Lipinski definition) is 3. The summed E-state index contributed by atoms with van der Waals surface area (Å²) < 4.78 is 0. The monoisotopic (exact) mass is 250 g/mol. The van der Waals surface area contributed by atoms with Gasteiger partial charge in [0.15, 0.2) is 0 Å². The van der Waals surface area contributed by atoms with Crippen molar-refractivity contribution in [3.8, 4) is 0 Å². The van der Waals surface area contributed by atoms with E-state index in [9.17, 15) is 4.79 Å². The molecular formula is C13H18N2OS. The minimum absolute atomic E-state index is 0.110. The first kappa shape index (κ1) is 11.2. The van der Waals surface area contributed by atoms with Gasteiger partial charge in [-0.25, -0.2) is 0 Å². The van der Waals surface area contributed by atoms with E-state index in [4.69, 9.17) is 0 Å². The van der Waals surface area contributed by atoms with Gasteiger partial charge in [0, 0.05) is 11.4 Å². The maximum absolute atomic E-state index is 11.9. The zero-order valence-corrected chi connectivity index (χ0v) is 11.1. The van der Waals surface area contributed by atoms with Gasteiger partial charge in [-0.15, -0.1) is 11.3 Å². The summed E-state index contributed by atoms with van der Waals surface area (Å²) in [6, 6.07) is 4.15. The Kier molecular flexibility index (Phi) is 2.52. The standard InChI is InChI=1S/C13H18N2OS/c1-13(2)6-9(13)8-15-11(16)7-14-12(15)10-4-3-5-17-10/h3-5,9,12,14H,6-8H2,1-2H3. The first-order valence-electron chi connectivity index (χ1n) is 6.14. The normalized spacial score (nSPS) is 30.9. The quantitative estimate of drug-likeness (QED) is 0.892. The molecule has 1 saturated heterocycles. The molecule has 0 radical (unpaired) electrons. The molecule has 1 N–H and O–H groups in total. The highest BCUT2D eigenvalue weighted by molar-refractivity contribution is 7.10. The molecule has 0 aromatic carbocycles. The second-order valence-electron chi connectivity index (χ2n) is 5.73. The van der Waals surface area contributed by atoms with E-state index in [1.54, 1.807) is 11.3 Å². The van der Waals surface area contributed by atoms with Crippen molar-refractivity contribution in [1.29, 1.82) is 0 Å². The molecule has 3 rings (SSSR count). The number of carbonyl (C=O) groups excluding carboxylic acids is 1. The van der Waals surface area contributed by atoms with E-state index < -0.39 is 0 Å². The predicted molar refractivity (Wildman–Crippen MR) is 68.7 cm³/mol. The van der Waals surface area contributed by atoms with Crippen LogP contribution in [0.5, 0.6) is 0 Å². The number of amides is 1. The lowest BCUT2D eigenvalue weighted by Gasteiger charge is -2.24. The zero-order valence-electron chi connectivity index (χ0n) is 10.3. The zero-order chi connectivity index (χ0) is 12.0. The highest BCUT2D eigenvalue weighted by Gasteiger charge is 2.48. The van der Waals surface area contributed by atoms with Crippen LogP contribution in [0, 0.1) is 11.3 Å². The highest BCUT2D eigenvalue weighted by atomic mass is 32.1. The molecule has 17 heavy (non-hydrogen) atoms. The van der Waals surface area contributed by atoms with Crippen LogP contribution < -0.4 is 5.32 Å². The van der Waals surface area contributed by atoms with Crippen LogP contribution in [0.15, 0.2) is 17.5 Å². The van der Waals surface area contributed by atoms with Gasteiger partial charge in [0.1, 0.15) is 6.17 Å². The molecule has 3 nitrogen and oxygen atoms in total. The van der Waals surface area contributed by atoms with Crippen molar-refractivity contribution < 1.29 is 4.79 Å². The molecule has 0 bridgehead atoms. The van der Waals surface area contributed by atoms with E-state index in [0.717, 1.165) is 6.54 Å². The molecule has 2 aliphatic rings. The number of hydrogen-bond donors (Lipinski definition) is 1. The first-order chi connectivity index (χ1) is 8.08. The summed E-state index contributed by atoms with van der Waals surface area (Å²) in [6.07, 6.45) is 1.35. The van der Waals surface area contributed by atoms with Crippen LogP contribution in [0.2, 0.25) is 0 Å². The maximum atomic E-state index is 11.9. The fraction of sp³-hybridized carbons (Fsp3) is 0.615. The Hall–Kier alpha value is -0.870. The van der Waals surface area contributed by atoms with Crippen molar-refractivity contribution in [3.05, 3.63) is 22.4 Å². The second kappa shape index (κ2) is 3.82. The van der Waals surface area contributed by atoms with Gasteiger partial charge in [0.05, 0.1) is 6.54 Å². The average Bonchev–Trinajstić information content (AvgIpc) is 2.73. The fourth-order valence-corrected chi connectivity index (χ4v) is 3.38. The van der Waals surface area contributed by atoms with Gasteiger partial charge < -0.3 is 4.90 Å². The third-order valence-electron chi connectivity index (χ3n) is 4.03. The summed E-state index contributed by atoms with van der Waals surface area (Å²) in [5.41, 5.74) is 0.433. The van der Waals surface area contributed by atoms with Crippen molar-refractivity contribution in [3.63, 3.8) is 0 Å². The molecule has 0 spiro atoms. The molecule has 1 aromatic heterocycles. The van der Waals surface area contributed by atoms with Gasteiger partial charge in [-0.2, -0.15) is 0 Å². The Morgan fingerprint density at radius 1 is 1.59 bits per heavy atom. The van der Waals surface area contributed by atoms with E-state index in [1.807, 2.05) is 11.0 Å². The molecule has 4 heteroatoms. The highest BCUT2D eigenvalue weighted by Crippen LogP contribution is 2.52. The maximum Gasteiger partial charge on any atom is 0.238 e. The Bertz CT molecular complexity index is 427. The van der Waals surface area contributed by atoms with Crippen LogP contribution >= 0.6 is 11.3 Å². The largest absolute Gasteiger partial charge is 0.321 e. The molecule has 1 aliphatic heterocycles. The summed E-state index contributed by atoms with van der Waals surface area (Å²) in [4.78, 5) is 15.2. The van der Waals surface area contributed by atoms with Crippen LogP contribution in [0.3, 0.4) is 0 Å². The lowest BCUT2D eigenvalue weighted by molar-refractivity contribution is -0.128. The molecular weight excluding hydrogens is 232 g/mol. The third kappa shape index (κ3) is 2.00. The smallest absolute Gasteiger partial charge is 0.238 e. The van der Waals surface area contributed by atoms with Crippen LogP contribution in [-0.4, -0.2) is 23.9 Å². The van der Waals surface area contributed by atoms with Crippen LogP contribution in [0.4, 0.5) is 0 Å². The van der Waals surface area contributed by atoms with Gasteiger partial charge in [-0.05, 0) is 29.2 Å². The Balaban J connectivity index is 1.74. The van der Waals surface area contributed by atoms with Crippen molar-refractivity contribution in [2.75, 3.05) is 13.1 Å². The summed E-state index contributed by atoms with van der Waals surface area (Å²) in [5, 5.41) is 5.37. The van der Waals surface area contributed by atoms with E-state index in [0.29, 0.717) is 17.9 Å². The van der Waals surface area contributed by atoms with Crippen LogP contribution in [0.1, 0.15) is 31.3 Å². The molecule has 1 saturated carbocycles. The lowest BCUT2D eigenvalue weighted by atomic mass is 10.1. The number of nitrogens with one attached hydrogen (secondary N) is 1. The third-order valence-corrected chi connectivity index (χ3v) is 4.95. The molecule has 1 aromatic rings. The average molecular weight is 250 g/mol. The molecule has 1 aliphatic carbocycles. The van der Waals surface area contributed by atoms with Gasteiger partial charge in [0.25, 0.3) is 0 Å². The van der Waals surface area contributed by atoms with Gasteiger partial charge in [-0.1, -0.05) is 19.9 Å². The van der Waals surface area contributed by atoms with E-state index in [1.165, 1.54) is 11.3 Å². The molecule has 92 valence electrons. The Morgan fingerprint density at radius 2 is 2.35 bits per heavy atom. The van der Waals surface area contributed by atoms with Crippen molar-refractivity contribution in [2.45, 2.75) is 26.4 Å². The van der Waals surface area contributed by atoms with Crippen LogP contribution in [0.25, 0.3) is 0 Å². The molecule has 2 unspecified atom stereocenters. The number of rotatable bonds is 3. The number of carbonyl (C=O) groups is 1. The lowest BCUT2D eigenvalue weighted by Crippen LogP contribution is -2.32. The molecule has 2 fully saturated rings. The van der Waals surface area contributed by atoms with E-state index in [-0.39, 0.29) is 12.1 Å². The summed E-state index contributed by atoms with van der Waals surface area (Å²) in [5.74, 6) is 0.917. The summed E-state index contributed by atoms with van der Waals surface area (Å²) >= 11 is 1.72. The van der Waals surface area contributed by atoms with Gasteiger partial charge in [-0.3, -0.25) is 10.1 Å². The van der Waals surface area contributed by atoms with E-state index in [2.05, 4.69) is 30.6 Å². The van der Waals surface area contributed by atoms with E-state index >= 15 is 0 Å². The first-order valence-corrected chi connectivity index (χ1v) is 7.02.